The van der Waals surface area contributed by atoms with Crippen molar-refractivity contribution in [3.63, 3.8) is 0 Å². The van der Waals surface area contributed by atoms with E-state index in [1.165, 1.54) is 18.3 Å². The quantitative estimate of drug-likeness (QED) is 0.713. The molecular weight excluding hydrogens is 347 g/mol. The van der Waals surface area contributed by atoms with Crippen LogP contribution in [-0.2, 0) is 0 Å². The van der Waals surface area contributed by atoms with E-state index in [0.717, 1.165) is 6.20 Å². The summed E-state index contributed by atoms with van der Waals surface area (Å²) >= 11 is 5.79. The van der Waals surface area contributed by atoms with Crippen LogP contribution in [0.25, 0.3) is 0 Å². The Hall–Kier alpha value is -3.06. The van der Waals surface area contributed by atoms with E-state index in [1.807, 2.05) is 0 Å². The van der Waals surface area contributed by atoms with Gasteiger partial charge in [-0.2, -0.15) is 0 Å². The first-order valence-electron chi connectivity index (χ1n) is 7.20. The summed E-state index contributed by atoms with van der Waals surface area (Å²) in [6, 6.07) is 9.13. The molecule has 0 aromatic carbocycles. The third-order valence-electron chi connectivity index (χ3n) is 3.03. The van der Waals surface area contributed by atoms with E-state index in [9.17, 15) is 9.18 Å². The van der Waals surface area contributed by atoms with Gasteiger partial charge in [0.1, 0.15) is 34.0 Å². The van der Waals surface area contributed by atoms with Gasteiger partial charge < -0.3 is 10.1 Å². The Balaban J connectivity index is 1.82. The summed E-state index contributed by atoms with van der Waals surface area (Å²) in [4.78, 5) is 24.2. The van der Waals surface area contributed by atoms with Gasteiger partial charge in [0, 0.05) is 23.9 Å². The van der Waals surface area contributed by atoms with Crippen molar-refractivity contribution in [1.82, 2.24) is 15.0 Å². The van der Waals surface area contributed by atoms with E-state index in [2.05, 4.69) is 20.3 Å². The molecule has 0 aliphatic rings. The fraction of sp³-hybridized carbons (Fsp3) is 0.0588. The first-order chi connectivity index (χ1) is 12.0. The molecule has 0 aliphatic heterocycles. The minimum Gasteiger partial charge on any atom is -0.455 e. The van der Waals surface area contributed by atoms with Crippen LogP contribution in [0.15, 0.2) is 48.8 Å². The number of aryl methyl sites for hydroxylation is 1. The Labute approximate surface area is 147 Å². The molecule has 8 heteroatoms. The number of carbonyl (C=O) groups is 1. The highest BCUT2D eigenvalue weighted by Crippen LogP contribution is 2.23. The zero-order chi connectivity index (χ0) is 17.8. The average molecular weight is 359 g/mol. The van der Waals surface area contributed by atoms with Crippen LogP contribution in [0.1, 0.15) is 16.2 Å². The lowest BCUT2D eigenvalue weighted by atomic mass is 10.2. The monoisotopic (exact) mass is 358 g/mol. The summed E-state index contributed by atoms with van der Waals surface area (Å²) in [5.41, 5.74) is 0.687. The molecule has 0 atom stereocenters. The van der Waals surface area contributed by atoms with Crippen molar-refractivity contribution in [3.8, 4) is 11.5 Å². The Kier molecular flexibility index (Phi) is 4.85. The van der Waals surface area contributed by atoms with Crippen LogP contribution in [0.2, 0.25) is 5.15 Å². The number of pyridine rings is 3. The second kappa shape index (κ2) is 7.23. The largest absolute Gasteiger partial charge is 0.455 e. The van der Waals surface area contributed by atoms with Crippen LogP contribution in [0.3, 0.4) is 0 Å². The Morgan fingerprint density at radius 3 is 2.76 bits per heavy atom. The fourth-order valence-corrected chi connectivity index (χ4v) is 2.22. The molecule has 0 unspecified atom stereocenters. The Bertz CT molecular complexity index is 936. The van der Waals surface area contributed by atoms with E-state index < -0.39 is 11.7 Å². The first kappa shape index (κ1) is 16.8. The van der Waals surface area contributed by atoms with Crippen LogP contribution >= 0.6 is 11.6 Å². The molecule has 0 radical (unpaired) electrons. The number of amides is 1. The third kappa shape index (κ3) is 4.48. The lowest BCUT2D eigenvalue weighted by Gasteiger charge is -2.09. The molecule has 25 heavy (non-hydrogen) atoms. The van der Waals surface area contributed by atoms with Gasteiger partial charge in [0.05, 0.1) is 12.4 Å². The van der Waals surface area contributed by atoms with E-state index in [1.54, 1.807) is 31.2 Å². The van der Waals surface area contributed by atoms with Crippen molar-refractivity contribution in [2.75, 3.05) is 5.32 Å². The second-order valence-corrected chi connectivity index (χ2v) is 5.46. The number of hydrogen-bond acceptors (Lipinski definition) is 5. The smallest absolute Gasteiger partial charge is 0.275 e. The predicted octanol–water partition coefficient (Wildman–Crippen LogP) is 4.02. The van der Waals surface area contributed by atoms with Gasteiger partial charge in [0.15, 0.2) is 0 Å². The summed E-state index contributed by atoms with van der Waals surface area (Å²) in [5.74, 6) is -0.135. The molecule has 3 aromatic heterocycles. The molecule has 0 fully saturated rings. The molecule has 1 amide bonds. The highest BCUT2D eigenvalue weighted by Gasteiger charge is 2.12. The number of nitrogens with one attached hydrogen (secondary N) is 1. The van der Waals surface area contributed by atoms with Gasteiger partial charge in [-0.05, 0) is 19.1 Å². The van der Waals surface area contributed by atoms with E-state index >= 15 is 0 Å². The number of aromatic nitrogens is 3. The molecule has 0 aliphatic carbocycles. The van der Waals surface area contributed by atoms with Crippen LogP contribution in [0, 0.1) is 12.7 Å². The number of ether oxygens (including phenoxy) is 1. The maximum Gasteiger partial charge on any atom is 0.275 e. The van der Waals surface area contributed by atoms with E-state index in [0.29, 0.717) is 17.3 Å². The van der Waals surface area contributed by atoms with Crippen molar-refractivity contribution in [1.29, 1.82) is 0 Å². The summed E-state index contributed by atoms with van der Waals surface area (Å²) in [6.45, 7) is 1.71. The fourth-order valence-electron chi connectivity index (χ4n) is 2.05. The van der Waals surface area contributed by atoms with Crippen LogP contribution in [0.5, 0.6) is 11.5 Å². The number of carbonyl (C=O) groups excluding carboxylic acids is 1. The van der Waals surface area contributed by atoms with Crippen molar-refractivity contribution in [2.45, 2.75) is 6.92 Å². The van der Waals surface area contributed by atoms with Crippen molar-refractivity contribution in [2.24, 2.45) is 0 Å². The van der Waals surface area contributed by atoms with Crippen molar-refractivity contribution in [3.05, 3.63) is 71.2 Å². The molecular formula is C17H12ClFN4O2. The van der Waals surface area contributed by atoms with Gasteiger partial charge in [0.25, 0.3) is 5.91 Å². The zero-order valence-electron chi connectivity index (χ0n) is 13.0. The molecule has 0 saturated carbocycles. The SMILES string of the molecule is Cc1cc(Oc2cncc(F)c2)cc(C(=O)Nc2cccc(Cl)n2)n1. The Morgan fingerprint density at radius 1 is 1.16 bits per heavy atom. The normalized spacial score (nSPS) is 10.4. The number of hydrogen-bond donors (Lipinski definition) is 1. The lowest BCUT2D eigenvalue weighted by molar-refractivity contribution is 0.102. The highest BCUT2D eigenvalue weighted by atomic mass is 35.5. The summed E-state index contributed by atoms with van der Waals surface area (Å²) < 4.78 is 18.7. The molecule has 126 valence electrons. The minimum absolute atomic E-state index is 0.126. The minimum atomic E-state index is -0.520. The van der Waals surface area contributed by atoms with Crippen molar-refractivity contribution >= 4 is 23.3 Å². The molecule has 1 N–H and O–H groups in total. The van der Waals surface area contributed by atoms with Gasteiger partial charge in [-0.1, -0.05) is 17.7 Å². The number of anilines is 1. The summed E-state index contributed by atoms with van der Waals surface area (Å²) in [6.07, 6.45) is 2.44. The van der Waals surface area contributed by atoms with Gasteiger partial charge >= 0.3 is 0 Å². The topological polar surface area (TPSA) is 77.0 Å². The Morgan fingerprint density at radius 2 is 2.00 bits per heavy atom. The first-order valence-corrected chi connectivity index (χ1v) is 7.58. The number of nitrogens with zero attached hydrogens (tertiary/aromatic N) is 3. The molecule has 6 nitrogen and oxygen atoms in total. The zero-order valence-corrected chi connectivity index (χ0v) is 13.8. The lowest BCUT2D eigenvalue weighted by Crippen LogP contribution is -2.15. The van der Waals surface area contributed by atoms with E-state index in [4.69, 9.17) is 16.3 Å². The van der Waals surface area contributed by atoms with Gasteiger partial charge in [-0.3, -0.25) is 9.78 Å². The van der Waals surface area contributed by atoms with Crippen molar-refractivity contribution < 1.29 is 13.9 Å². The number of halogens is 2. The average Bonchev–Trinajstić information content (AvgIpc) is 2.54. The third-order valence-corrected chi connectivity index (χ3v) is 3.24. The second-order valence-electron chi connectivity index (χ2n) is 5.07. The maximum atomic E-state index is 13.2. The van der Waals surface area contributed by atoms with E-state index in [-0.39, 0.29) is 16.6 Å². The standard InChI is InChI=1S/C17H12ClFN4O2/c1-10-5-12(25-13-6-11(19)8-20-9-13)7-14(21-10)17(24)23-16-4-2-3-15(18)22-16/h2-9H,1H3,(H,22,23,24). The molecule has 3 aromatic rings. The highest BCUT2D eigenvalue weighted by molar-refractivity contribution is 6.29. The molecule has 3 heterocycles. The number of rotatable bonds is 4. The van der Waals surface area contributed by atoms with Crippen LogP contribution in [-0.4, -0.2) is 20.9 Å². The van der Waals surface area contributed by atoms with Crippen LogP contribution in [0.4, 0.5) is 10.2 Å². The molecule has 3 rings (SSSR count). The van der Waals surface area contributed by atoms with Gasteiger partial charge in [-0.25, -0.2) is 14.4 Å². The predicted molar refractivity (Wildman–Crippen MR) is 90.4 cm³/mol. The molecule has 0 saturated heterocycles. The summed E-state index contributed by atoms with van der Waals surface area (Å²) in [5, 5.41) is 2.86. The molecule has 0 spiro atoms. The van der Waals surface area contributed by atoms with Crippen LogP contribution < -0.4 is 10.1 Å². The summed E-state index contributed by atoms with van der Waals surface area (Å²) in [7, 11) is 0. The van der Waals surface area contributed by atoms with Gasteiger partial charge in [-0.15, -0.1) is 0 Å². The maximum absolute atomic E-state index is 13.2. The van der Waals surface area contributed by atoms with Gasteiger partial charge in [0.2, 0.25) is 0 Å². The molecule has 0 bridgehead atoms.